The van der Waals surface area contributed by atoms with Gasteiger partial charge in [-0.25, -0.2) is 4.79 Å². The summed E-state index contributed by atoms with van der Waals surface area (Å²) in [7, 11) is 0. The van der Waals surface area contributed by atoms with Crippen LogP contribution >= 0.6 is 27.5 Å². The second-order valence-electron chi connectivity index (χ2n) is 2.00. The highest BCUT2D eigenvalue weighted by molar-refractivity contribution is 9.10. The zero-order valence-corrected chi connectivity index (χ0v) is 8.22. The molecule has 0 saturated heterocycles. The van der Waals surface area contributed by atoms with E-state index in [1.807, 2.05) is 0 Å². The van der Waals surface area contributed by atoms with E-state index >= 15 is 0 Å². The molecule has 1 aromatic rings. The molecule has 12 heavy (non-hydrogen) atoms. The van der Waals surface area contributed by atoms with Crippen LogP contribution in [0.3, 0.4) is 0 Å². The summed E-state index contributed by atoms with van der Waals surface area (Å²) < 4.78 is 5.22. The van der Waals surface area contributed by atoms with Crippen LogP contribution in [-0.2, 0) is 0 Å². The molecule has 2 N–H and O–H groups in total. The van der Waals surface area contributed by atoms with Crippen molar-refractivity contribution in [2.24, 2.45) is 5.73 Å². The molecule has 1 amide bonds. The fraction of sp³-hybridized carbons (Fsp3) is 0. The lowest BCUT2D eigenvalue weighted by Gasteiger charge is -2.02. The highest BCUT2D eigenvalue weighted by atomic mass is 79.9. The molecule has 0 radical (unpaired) electrons. The van der Waals surface area contributed by atoms with E-state index in [0.29, 0.717) is 15.2 Å². The lowest BCUT2D eigenvalue weighted by Crippen LogP contribution is -2.16. The summed E-state index contributed by atoms with van der Waals surface area (Å²) in [5.74, 6) is 0.354. The molecule has 64 valence electrons. The Bertz CT molecular complexity index is 316. The van der Waals surface area contributed by atoms with Crippen LogP contribution in [0.4, 0.5) is 4.79 Å². The van der Waals surface area contributed by atoms with Crippen LogP contribution in [-0.4, -0.2) is 6.09 Å². The quantitative estimate of drug-likeness (QED) is 0.833. The Labute approximate surface area is 82.6 Å². The normalized spacial score (nSPS) is 9.50. The van der Waals surface area contributed by atoms with E-state index in [2.05, 4.69) is 20.7 Å². The van der Waals surface area contributed by atoms with Crippen molar-refractivity contribution < 1.29 is 9.53 Å². The van der Waals surface area contributed by atoms with Gasteiger partial charge in [0.25, 0.3) is 0 Å². The zero-order chi connectivity index (χ0) is 9.14. The minimum absolute atomic E-state index is 0.354. The highest BCUT2D eigenvalue weighted by Gasteiger charge is 2.03. The molecule has 5 heteroatoms. The van der Waals surface area contributed by atoms with Gasteiger partial charge in [0.1, 0.15) is 5.75 Å². The third kappa shape index (κ3) is 2.39. The van der Waals surface area contributed by atoms with Crippen LogP contribution in [0, 0.1) is 0 Å². The van der Waals surface area contributed by atoms with Crippen LogP contribution in [0.2, 0.25) is 5.02 Å². The van der Waals surface area contributed by atoms with Crippen molar-refractivity contribution in [1.82, 2.24) is 0 Å². The SMILES string of the molecule is NC(=O)Oc1ccc(Cl)cc1Br. The predicted octanol–water partition coefficient (Wildman–Crippen LogP) is 2.56. The lowest BCUT2D eigenvalue weighted by molar-refractivity contribution is 0.210. The third-order valence-electron chi connectivity index (χ3n) is 1.10. The van der Waals surface area contributed by atoms with Crippen LogP contribution in [0.5, 0.6) is 5.75 Å². The van der Waals surface area contributed by atoms with Gasteiger partial charge in [0.2, 0.25) is 0 Å². The molecule has 0 aliphatic carbocycles. The molecule has 0 heterocycles. The molecular formula is C7H5BrClNO2. The number of hydrogen-bond acceptors (Lipinski definition) is 2. The maximum Gasteiger partial charge on any atom is 0.410 e. The molecule has 0 aromatic heterocycles. The molecule has 0 unspecified atom stereocenters. The number of ether oxygens (including phenoxy) is 1. The second-order valence-corrected chi connectivity index (χ2v) is 3.29. The van der Waals surface area contributed by atoms with E-state index in [1.165, 1.54) is 0 Å². The van der Waals surface area contributed by atoms with Crippen molar-refractivity contribution >= 4 is 33.6 Å². The van der Waals surface area contributed by atoms with Gasteiger partial charge in [-0.3, -0.25) is 0 Å². The number of carbonyl (C=O) groups excluding carboxylic acids is 1. The second kappa shape index (κ2) is 3.78. The molecule has 0 fully saturated rings. The maximum atomic E-state index is 10.4. The van der Waals surface area contributed by atoms with Crippen LogP contribution in [0.25, 0.3) is 0 Å². The largest absolute Gasteiger partial charge is 0.410 e. The summed E-state index contributed by atoms with van der Waals surface area (Å²) in [5.41, 5.74) is 4.82. The predicted molar refractivity (Wildman–Crippen MR) is 49.4 cm³/mol. The van der Waals surface area contributed by atoms with Crippen molar-refractivity contribution in [3.63, 3.8) is 0 Å². The number of primary amides is 1. The summed E-state index contributed by atoms with van der Waals surface area (Å²) in [5, 5.41) is 0.554. The van der Waals surface area contributed by atoms with E-state index in [-0.39, 0.29) is 0 Å². The van der Waals surface area contributed by atoms with Crippen molar-refractivity contribution in [3.8, 4) is 5.75 Å². The Morgan fingerprint density at radius 3 is 2.75 bits per heavy atom. The van der Waals surface area contributed by atoms with Crippen molar-refractivity contribution in [1.29, 1.82) is 0 Å². The first-order valence-corrected chi connectivity index (χ1v) is 4.19. The summed E-state index contributed by atoms with van der Waals surface area (Å²) in [6.07, 6.45) is -0.849. The van der Waals surface area contributed by atoms with Gasteiger partial charge in [0, 0.05) is 5.02 Å². The zero-order valence-electron chi connectivity index (χ0n) is 5.88. The van der Waals surface area contributed by atoms with Crippen molar-refractivity contribution in [2.75, 3.05) is 0 Å². The van der Waals surface area contributed by atoms with E-state index in [1.54, 1.807) is 18.2 Å². The third-order valence-corrected chi connectivity index (χ3v) is 1.96. The molecule has 3 nitrogen and oxygen atoms in total. The Hall–Kier alpha value is -0.740. The van der Waals surface area contributed by atoms with Crippen LogP contribution < -0.4 is 10.5 Å². The molecule has 0 saturated carbocycles. The monoisotopic (exact) mass is 249 g/mol. The maximum absolute atomic E-state index is 10.4. The first kappa shape index (κ1) is 9.35. The van der Waals surface area contributed by atoms with Gasteiger partial charge in [-0.15, -0.1) is 0 Å². The number of rotatable bonds is 1. The summed E-state index contributed by atoms with van der Waals surface area (Å²) in [6, 6.07) is 4.77. The van der Waals surface area contributed by atoms with Crippen molar-refractivity contribution in [3.05, 3.63) is 27.7 Å². The van der Waals surface area contributed by atoms with E-state index in [0.717, 1.165) is 0 Å². The molecule has 0 bridgehead atoms. The molecule has 0 aliphatic rings. The number of nitrogens with two attached hydrogens (primary N) is 1. The number of amides is 1. The Kier molecular flexibility index (Phi) is 2.94. The summed E-state index contributed by atoms with van der Waals surface area (Å²) >= 11 is 8.81. The van der Waals surface area contributed by atoms with E-state index in [9.17, 15) is 4.79 Å². The van der Waals surface area contributed by atoms with Crippen LogP contribution in [0.15, 0.2) is 22.7 Å². The summed E-state index contributed by atoms with van der Waals surface area (Å²) in [6.45, 7) is 0. The first-order valence-electron chi connectivity index (χ1n) is 3.02. The van der Waals surface area contributed by atoms with E-state index in [4.69, 9.17) is 17.3 Å². The smallest absolute Gasteiger partial charge is 0.409 e. The molecule has 1 rings (SSSR count). The lowest BCUT2D eigenvalue weighted by atomic mass is 10.3. The number of halogens is 2. The highest BCUT2D eigenvalue weighted by Crippen LogP contribution is 2.27. The fourth-order valence-corrected chi connectivity index (χ4v) is 1.43. The molecular weight excluding hydrogens is 245 g/mol. The van der Waals surface area contributed by atoms with Gasteiger partial charge in [0.15, 0.2) is 0 Å². The topological polar surface area (TPSA) is 52.3 Å². The Balaban J connectivity index is 2.93. The van der Waals surface area contributed by atoms with Gasteiger partial charge in [-0.05, 0) is 34.1 Å². The van der Waals surface area contributed by atoms with Gasteiger partial charge in [-0.1, -0.05) is 11.6 Å². The van der Waals surface area contributed by atoms with E-state index < -0.39 is 6.09 Å². The average Bonchev–Trinajstić information content (AvgIpc) is 1.94. The van der Waals surface area contributed by atoms with Crippen molar-refractivity contribution in [2.45, 2.75) is 0 Å². The van der Waals surface area contributed by atoms with Gasteiger partial charge in [0.05, 0.1) is 4.47 Å². The molecule has 1 aromatic carbocycles. The minimum atomic E-state index is -0.849. The number of carbonyl (C=O) groups is 1. The summed E-state index contributed by atoms with van der Waals surface area (Å²) in [4.78, 5) is 10.4. The van der Waals surface area contributed by atoms with Gasteiger partial charge >= 0.3 is 6.09 Å². The Morgan fingerprint density at radius 2 is 2.25 bits per heavy atom. The standard InChI is InChI=1S/C7H5BrClNO2/c8-5-3-4(9)1-2-6(5)12-7(10)11/h1-3H,(H2,10,11). The van der Waals surface area contributed by atoms with Gasteiger partial charge < -0.3 is 10.5 Å². The fourth-order valence-electron chi connectivity index (χ4n) is 0.666. The average molecular weight is 250 g/mol. The van der Waals surface area contributed by atoms with Gasteiger partial charge in [-0.2, -0.15) is 0 Å². The van der Waals surface area contributed by atoms with Crippen LogP contribution in [0.1, 0.15) is 0 Å². The minimum Gasteiger partial charge on any atom is -0.409 e. The molecule has 0 spiro atoms. The molecule has 0 aliphatic heterocycles. The Morgan fingerprint density at radius 1 is 1.58 bits per heavy atom. The number of hydrogen-bond donors (Lipinski definition) is 1. The molecule has 0 atom stereocenters. The first-order chi connectivity index (χ1) is 5.59. The number of benzene rings is 1.